The summed E-state index contributed by atoms with van der Waals surface area (Å²) in [6, 6.07) is 0. The predicted molar refractivity (Wildman–Crippen MR) is 81.6 cm³/mol. The fraction of sp³-hybridized carbons (Fsp3) is 0.600. The number of amides is 3. The van der Waals surface area contributed by atoms with Gasteiger partial charge in [-0.15, -0.1) is 0 Å². The van der Waals surface area contributed by atoms with Crippen molar-refractivity contribution in [2.75, 3.05) is 13.2 Å². The SMILES string of the molecule is CCOC(=O)/C=C/C(=O)NNC(=O)CNC(=O)C1CCCCC1. The lowest BCUT2D eigenvalue weighted by molar-refractivity contribution is -0.137. The van der Waals surface area contributed by atoms with Gasteiger partial charge in [-0.05, 0) is 19.8 Å². The number of carbonyl (C=O) groups is 4. The first kappa shape index (κ1) is 18.7. The van der Waals surface area contributed by atoms with Gasteiger partial charge in [-0.1, -0.05) is 19.3 Å². The molecule has 0 aromatic heterocycles. The summed E-state index contributed by atoms with van der Waals surface area (Å²) in [7, 11) is 0. The van der Waals surface area contributed by atoms with E-state index in [1.165, 1.54) is 0 Å². The molecule has 0 unspecified atom stereocenters. The van der Waals surface area contributed by atoms with Crippen LogP contribution in [-0.4, -0.2) is 36.8 Å². The lowest BCUT2D eigenvalue weighted by Crippen LogP contribution is -2.46. The minimum atomic E-state index is -0.676. The van der Waals surface area contributed by atoms with Crippen LogP contribution in [-0.2, 0) is 23.9 Å². The number of hydrogen-bond acceptors (Lipinski definition) is 5. The minimum Gasteiger partial charge on any atom is -0.463 e. The lowest BCUT2D eigenvalue weighted by Gasteiger charge is -2.20. The zero-order valence-corrected chi connectivity index (χ0v) is 13.2. The first-order valence-corrected chi connectivity index (χ1v) is 7.74. The Balaban J connectivity index is 2.19. The zero-order chi connectivity index (χ0) is 17.1. The van der Waals surface area contributed by atoms with E-state index in [0.29, 0.717) is 0 Å². The van der Waals surface area contributed by atoms with Gasteiger partial charge in [0.1, 0.15) is 0 Å². The van der Waals surface area contributed by atoms with E-state index in [1.54, 1.807) is 6.92 Å². The topological polar surface area (TPSA) is 114 Å². The molecule has 1 fully saturated rings. The molecule has 1 aliphatic rings. The molecule has 3 N–H and O–H groups in total. The zero-order valence-electron chi connectivity index (χ0n) is 13.2. The molecule has 3 amide bonds. The van der Waals surface area contributed by atoms with Crippen LogP contribution in [0.25, 0.3) is 0 Å². The van der Waals surface area contributed by atoms with E-state index in [2.05, 4.69) is 20.9 Å². The average molecular weight is 325 g/mol. The molecule has 0 spiro atoms. The largest absolute Gasteiger partial charge is 0.463 e. The van der Waals surface area contributed by atoms with Gasteiger partial charge in [0.15, 0.2) is 0 Å². The summed E-state index contributed by atoms with van der Waals surface area (Å²) >= 11 is 0. The van der Waals surface area contributed by atoms with Crippen molar-refractivity contribution in [1.29, 1.82) is 0 Å². The van der Waals surface area contributed by atoms with Crippen LogP contribution in [0.15, 0.2) is 12.2 Å². The smallest absolute Gasteiger partial charge is 0.330 e. The number of hydrazine groups is 1. The molecule has 0 aromatic rings. The number of hydrogen-bond donors (Lipinski definition) is 3. The summed E-state index contributed by atoms with van der Waals surface area (Å²) in [5.41, 5.74) is 4.24. The van der Waals surface area contributed by atoms with Gasteiger partial charge in [0.25, 0.3) is 11.8 Å². The molecule has 1 saturated carbocycles. The van der Waals surface area contributed by atoms with E-state index in [4.69, 9.17) is 0 Å². The lowest BCUT2D eigenvalue weighted by atomic mass is 9.89. The maximum atomic E-state index is 11.8. The minimum absolute atomic E-state index is 0.0290. The van der Waals surface area contributed by atoms with Crippen molar-refractivity contribution in [2.24, 2.45) is 5.92 Å². The molecule has 0 aliphatic heterocycles. The Hall–Kier alpha value is -2.38. The molecule has 8 heteroatoms. The van der Waals surface area contributed by atoms with E-state index < -0.39 is 17.8 Å². The quantitative estimate of drug-likeness (QED) is 0.360. The van der Waals surface area contributed by atoms with Crippen molar-refractivity contribution in [3.8, 4) is 0 Å². The molecule has 0 saturated heterocycles. The first-order chi connectivity index (χ1) is 11.0. The summed E-state index contributed by atoms with van der Waals surface area (Å²) < 4.78 is 4.60. The molecule has 0 bridgehead atoms. The van der Waals surface area contributed by atoms with Crippen LogP contribution in [0.5, 0.6) is 0 Å². The summed E-state index contributed by atoms with van der Waals surface area (Å²) in [6.45, 7) is 1.65. The summed E-state index contributed by atoms with van der Waals surface area (Å²) in [5, 5.41) is 2.55. The first-order valence-electron chi connectivity index (χ1n) is 7.74. The Labute approximate surface area is 135 Å². The number of carbonyl (C=O) groups excluding carboxylic acids is 4. The van der Waals surface area contributed by atoms with Crippen LogP contribution in [0.2, 0.25) is 0 Å². The summed E-state index contributed by atoms with van der Waals surface area (Å²) in [5.74, 6) is -2.03. The second-order valence-corrected chi connectivity index (χ2v) is 5.18. The van der Waals surface area contributed by atoms with Crippen LogP contribution >= 0.6 is 0 Å². The molecule has 8 nitrogen and oxygen atoms in total. The Bertz CT molecular complexity index is 470. The number of rotatable bonds is 6. The maximum absolute atomic E-state index is 11.8. The van der Waals surface area contributed by atoms with Crippen LogP contribution in [0, 0.1) is 5.92 Å². The third-order valence-electron chi connectivity index (χ3n) is 3.38. The van der Waals surface area contributed by atoms with Crippen molar-refractivity contribution in [2.45, 2.75) is 39.0 Å². The van der Waals surface area contributed by atoms with Crippen LogP contribution in [0.1, 0.15) is 39.0 Å². The summed E-state index contributed by atoms with van der Waals surface area (Å²) in [4.78, 5) is 45.7. The summed E-state index contributed by atoms with van der Waals surface area (Å²) in [6.07, 6.45) is 6.82. The van der Waals surface area contributed by atoms with E-state index in [1.807, 2.05) is 0 Å². The van der Waals surface area contributed by atoms with E-state index in [0.717, 1.165) is 44.3 Å². The Morgan fingerprint density at radius 3 is 2.39 bits per heavy atom. The van der Waals surface area contributed by atoms with E-state index in [-0.39, 0.29) is 25.0 Å². The van der Waals surface area contributed by atoms with Crippen molar-refractivity contribution < 1.29 is 23.9 Å². The van der Waals surface area contributed by atoms with Gasteiger partial charge in [-0.2, -0.15) is 0 Å². The molecule has 0 aromatic carbocycles. The molecule has 1 rings (SSSR count). The molecule has 0 atom stereocenters. The Kier molecular flexibility index (Phi) is 8.41. The van der Waals surface area contributed by atoms with Crippen molar-refractivity contribution >= 4 is 23.7 Å². The van der Waals surface area contributed by atoms with Crippen molar-refractivity contribution in [3.63, 3.8) is 0 Å². The van der Waals surface area contributed by atoms with Crippen molar-refractivity contribution in [1.82, 2.24) is 16.2 Å². The van der Waals surface area contributed by atoms with Gasteiger partial charge in [-0.3, -0.25) is 25.2 Å². The van der Waals surface area contributed by atoms with Gasteiger partial charge < -0.3 is 10.1 Å². The van der Waals surface area contributed by atoms with Gasteiger partial charge in [0, 0.05) is 18.1 Å². The highest BCUT2D eigenvalue weighted by Gasteiger charge is 2.21. The Morgan fingerprint density at radius 2 is 1.74 bits per heavy atom. The number of esters is 1. The van der Waals surface area contributed by atoms with Crippen LogP contribution in [0.4, 0.5) is 0 Å². The monoisotopic (exact) mass is 325 g/mol. The molecular formula is C15H23N3O5. The average Bonchev–Trinajstić information content (AvgIpc) is 2.57. The predicted octanol–water partition coefficient (Wildman–Crippen LogP) is -0.0504. The highest BCUT2D eigenvalue weighted by Crippen LogP contribution is 2.23. The molecular weight excluding hydrogens is 302 g/mol. The van der Waals surface area contributed by atoms with Gasteiger partial charge >= 0.3 is 5.97 Å². The second kappa shape index (κ2) is 10.4. The standard InChI is InChI=1S/C15H23N3O5/c1-2-23-14(21)9-8-12(19)17-18-13(20)10-16-15(22)11-6-4-3-5-7-11/h8-9,11H,2-7,10H2,1H3,(H,16,22)(H,17,19)(H,18,20)/b9-8+. The van der Waals surface area contributed by atoms with Crippen LogP contribution < -0.4 is 16.2 Å². The van der Waals surface area contributed by atoms with Crippen LogP contribution in [0.3, 0.4) is 0 Å². The molecule has 23 heavy (non-hydrogen) atoms. The van der Waals surface area contributed by atoms with E-state index in [9.17, 15) is 19.2 Å². The number of nitrogens with one attached hydrogen (secondary N) is 3. The molecule has 1 aliphatic carbocycles. The Morgan fingerprint density at radius 1 is 1.04 bits per heavy atom. The second-order valence-electron chi connectivity index (χ2n) is 5.18. The third-order valence-corrected chi connectivity index (χ3v) is 3.38. The normalized spacial score (nSPS) is 15.0. The third kappa shape index (κ3) is 7.98. The maximum Gasteiger partial charge on any atom is 0.330 e. The molecule has 128 valence electrons. The molecule has 0 heterocycles. The highest BCUT2D eigenvalue weighted by molar-refractivity contribution is 5.95. The van der Waals surface area contributed by atoms with E-state index >= 15 is 0 Å². The van der Waals surface area contributed by atoms with Gasteiger partial charge in [0.05, 0.1) is 13.2 Å². The highest BCUT2D eigenvalue weighted by atomic mass is 16.5. The number of ether oxygens (including phenoxy) is 1. The van der Waals surface area contributed by atoms with Crippen molar-refractivity contribution in [3.05, 3.63) is 12.2 Å². The molecule has 0 radical (unpaired) electrons. The fourth-order valence-electron chi connectivity index (χ4n) is 2.23. The van der Waals surface area contributed by atoms with Gasteiger partial charge in [0.2, 0.25) is 5.91 Å². The van der Waals surface area contributed by atoms with Gasteiger partial charge in [-0.25, -0.2) is 4.79 Å². The fourth-order valence-corrected chi connectivity index (χ4v) is 2.23.